The Hall–Kier alpha value is -2.53. The lowest BCUT2D eigenvalue weighted by molar-refractivity contribution is -0.123. The van der Waals surface area contributed by atoms with Crippen LogP contribution < -0.4 is 14.8 Å². The lowest BCUT2D eigenvalue weighted by Gasteiger charge is -2.11. The Kier molecular flexibility index (Phi) is 6.35. The van der Waals surface area contributed by atoms with Crippen LogP contribution in [0, 0.1) is 13.8 Å². The first kappa shape index (κ1) is 19.2. The minimum Gasteiger partial charge on any atom is -0.492 e. The molecule has 3 aromatic rings. The first-order valence-corrected chi connectivity index (χ1v) is 9.60. The van der Waals surface area contributed by atoms with E-state index in [1.165, 1.54) is 0 Å². The molecule has 0 aliphatic rings. The molecule has 140 valence electrons. The number of amides is 1. The largest absolute Gasteiger partial charge is 0.492 e. The van der Waals surface area contributed by atoms with Crippen molar-refractivity contribution in [2.75, 3.05) is 19.8 Å². The van der Waals surface area contributed by atoms with Gasteiger partial charge in [-0.25, -0.2) is 0 Å². The van der Waals surface area contributed by atoms with Gasteiger partial charge in [0.25, 0.3) is 5.91 Å². The van der Waals surface area contributed by atoms with Crippen molar-refractivity contribution in [3.63, 3.8) is 0 Å². The van der Waals surface area contributed by atoms with Gasteiger partial charge >= 0.3 is 0 Å². The molecule has 0 fully saturated rings. The Balaban J connectivity index is 1.45. The van der Waals surface area contributed by atoms with Crippen molar-refractivity contribution < 1.29 is 14.3 Å². The Morgan fingerprint density at radius 2 is 1.74 bits per heavy atom. The molecule has 0 aromatic heterocycles. The SMILES string of the molecule is Cc1cc(C)cc(OCCNC(=O)COc2ccc3ccccc3c2Br)c1. The van der Waals surface area contributed by atoms with Gasteiger partial charge in [0, 0.05) is 0 Å². The van der Waals surface area contributed by atoms with Gasteiger partial charge in [0.2, 0.25) is 0 Å². The minimum absolute atomic E-state index is 0.0412. The summed E-state index contributed by atoms with van der Waals surface area (Å²) in [5.74, 6) is 1.28. The van der Waals surface area contributed by atoms with Crippen molar-refractivity contribution >= 4 is 32.6 Å². The topological polar surface area (TPSA) is 47.6 Å². The van der Waals surface area contributed by atoms with E-state index in [0.29, 0.717) is 18.9 Å². The first-order valence-electron chi connectivity index (χ1n) is 8.81. The maximum absolute atomic E-state index is 12.0. The average Bonchev–Trinajstić information content (AvgIpc) is 2.64. The zero-order chi connectivity index (χ0) is 19.2. The van der Waals surface area contributed by atoms with Crippen LogP contribution in [0.1, 0.15) is 11.1 Å². The van der Waals surface area contributed by atoms with Gasteiger partial charge in [-0.3, -0.25) is 4.79 Å². The Morgan fingerprint density at radius 1 is 1.00 bits per heavy atom. The molecular weight excluding hydrogens is 406 g/mol. The summed E-state index contributed by atoms with van der Waals surface area (Å²) < 4.78 is 12.2. The number of fused-ring (bicyclic) bond motifs is 1. The van der Waals surface area contributed by atoms with E-state index in [1.807, 2.05) is 62.4 Å². The van der Waals surface area contributed by atoms with Gasteiger partial charge in [-0.2, -0.15) is 0 Å². The van der Waals surface area contributed by atoms with Gasteiger partial charge < -0.3 is 14.8 Å². The molecule has 0 aliphatic heterocycles. The van der Waals surface area contributed by atoms with Crippen LogP contribution >= 0.6 is 15.9 Å². The Bertz CT molecular complexity index is 935. The number of benzene rings is 3. The lowest BCUT2D eigenvalue weighted by atomic mass is 10.1. The maximum Gasteiger partial charge on any atom is 0.258 e. The minimum atomic E-state index is -0.181. The van der Waals surface area contributed by atoms with Crippen molar-refractivity contribution in [1.82, 2.24) is 5.32 Å². The first-order chi connectivity index (χ1) is 13.0. The summed E-state index contributed by atoms with van der Waals surface area (Å²) in [5, 5.41) is 4.97. The van der Waals surface area contributed by atoms with E-state index in [9.17, 15) is 4.79 Å². The van der Waals surface area contributed by atoms with Gasteiger partial charge in [-0.05, 0) is 69.9 Å². The quantitative estimate of drug-likeness (QED) is 0.551. The number of halogens is 1. The second kappa shape index (κ2) is 8.91. The second-order valence-corrected chi connectivity index (χ2v) is 7.20. The molecule has 3 aromatic carbocycles. The lowest BCUT2D eigenvalue weighted by Crippen LogP contribution is -2.32. The Labute approximate surface area is 167 Å². The molecule has 5 heteroatoms. The normalized spacial score (nSPS) is 10.6. The number of carbonyl (C=O) groups excluding carboxylic acids is 1. The van der Waals surface area contributed by atoms with Gasteiger partial charge in [-0.1, -0.05) is 36.4 Å². The van der Waals surface area contributed by atoms with Gasteiger partial charge in [-0.15, -0.1) is 0 Å². The zero-order valence-corrected chi connectivity index (χ0v) is 17.0. The predicted octanol–water partition coefficient (Wildman–Crippen LogP) is 4.79. The number of aryl methyl sites for hydroxylation is 2. The summed E-state index contributed by atoms with van der Waals surface area (Å²) in [5.41, 5.74) is 2.31. The van der Waals surface area contributed by atoms with Crippen LogP contribution in [-0.2, 0) is 4.79 Å². The van der Waals surface area contributed by atoms with E-state index in [4.69, 9.17) is 9.47 Å². The van der Waals surface area contributed by atoms with Crippen molar-refractivity contribution in [3.05, 3.63) is 70.2 Å². The number of carbonyl (C=O) groups is 1. The van der Waals surface area contributed by atoms with Crippen molar-refractivity contribution in [1.29, 1.82) is 0 Å². The molecule has 3 rings (SSSR count). The number of hydrogen-bond acceptors (Lipinski definition) is 3. The van der Waals surface area contributed by atoms with Gasteiger partial charge in [0.15, 0.2) is 6.61 Å². The molecule has 0 spiro atoms. The zero-order valence-electron chi connectivity index (χ0n) is 15.4. The van der Waals surface area contributed by atoms with E-state index in [1.54, 1.807) is 0 Å². The monoisotopic (exact) mass is 427 g/mol. The summed E-state index contributed by atoms with van der Waals surface area (Å²) in [6, 6.07) is 17.9. The van der Waals surface area contributed by atoms with Crippen LogP contribution in [0.4, 0.5) is 0 Å². The van der Waals surface area contributed by atoms with Crippen LogP contribution in [-0.4, -0.2) is 25.7 Å². The third-order valence-corrected chi connectivity index (χ3v) is 4.89. The standard InChI is InChI=1S/C22H22BrNO3/c1-15-11-16(2)13-18(12-15)26-10-9-24-21(25)14-27-20-8-7-17-5-3-4-6-19(17)22(20)23/h3-8,11-13H,9-10,14H2,1-2H3,(H,24,25). The highest BCUT2D eigenvalue weighted by atomic mass is 79.9. The third kappa shape index (κ3) is 5.23. The van der Waals surface area contributed by atoms with E-state index in [2.05, 4.69) is 27.3 Å². The van der Waals surface area contributed by atoms with E-state index in [-0.39, 0.29) is 12.5 Å². The summed E-state index contributed by atoms with van der Waals surface area (Å²) in [6.07, 6.45) is 0. The smallest absolute Gasteiger partial charge is 0.258 e. The summed E-state index contributed by atoms with van der Waals surface area (Å²) >= 11 is 3.56. The molecule has 0 aliphatic carbocycles. The van der Waals surface area contributed by atoms with E-state index < -0.39 is 0 Å². The fourth-order valence-electron chi connectivity index (χ4n) is 2.89. The molecule has 4 nitrogen and oxygen atoms in total. The van der Waals surface area contributed by atoms with Crippen LogP contribution in [0.5, 0.6) is 11.5 Å². The second-order valence-electron chi connectivity index (χ2n) is 6.41. The van der Waals surface area contributed by atoms with Crippen LogP contribution in [0.15, 0.2) is 59.1 Å². The molecule has 0 bridgehead atoms. The molecular formula is C22H22BrNO3. The average molecular weight is 428 g/mol. The van der Waals surface area contributed by atoms with Gasteiger partial charge in [0.1, 0.15) is 18.1 Å². The molecule has 0 atom stereocenters. The van der Waals surface area contributed by atoms with Crippen LogP contribution in [0.25, 0.3) is 10.8 Å². The van der Waals surface area contributed by atoms with E-state index in [0.717, 1.165) is 32.1 Å². The number of hydrogen-bond donors (Lipinski definition) is 1. The molecule has 1 N–H and O–H groups in total. The van der Waals surface area contributed by atoms with Crippen molar-refractivity contribution in [2.24, 2.45) is 0 Å². The molecule has 0 heterocycles. The number of nitrogens with one attached hydrogen (secondary N) is 1. The van der Waals surface area contributed by atoms with Gasteiger partial charge in [0.05, 0.1) is 11.0 Å². The Morgan fingerprint density at radius 3 is 2.52 bits per heavy atom. The fraction of sp³-hybridized carbons (Fsp3) is 0.227. The molecule has 0 saturated heterocycles. The summed E-state index contributed by atoms with van der Waals surface area (Å²) in [4.78, 5) is 12.0. The fourth-order valence-corrected chi connectivity index (χ4v) is 3.50. The molecule has 0 saturated carbocycles. The molecule has 0 radical (unpaired) electrons. The van der Waals surface area contributed by atoms with Crippen molar-refractivity contribution in [3.8, 4) is 11.5 Å². The summed E-state index contributed by atoms with van der Waals surface area (Å²) in [7, 11) is 0. The highest BCUT2D eigenvalue weighted by Crippen LogP contribution is 2.32. The molecule has 27 heavy (non-hydrogen) atoms. The maximum atomic E-state index is 12.0. The van der Waals surface area contributed by atoms with Crippen molar-refractivity contribution in [2.45, 2.75) is 13.8 Å². The molecule has 1 amide bonds. The van der Waals surface area contributed by atoms with Crippen LogP contribution in [0.3, 0.4) is 0 Å². The number of ether oxygens (including phenoxy) is 2. The summed E-state index contributed by atoms with van der Waals surface area (Å²) in [6.45, 7) is 4.86. The van der Waals surface area contributed by atoms with E-state index >= 15 is 0 Å². The predicted molar refractivity (Wildman–Crippen MR) is 112 cm³/mol. The molecule has 0 unspecified atom stereocenters. The van der Waals surface area contributed by atoms with Crippen LogP contribution in [0.2, 0.25) is 0 Å². The third-order valence-electron chi connectivity index (χ3n) is 4.07. The highest BCUT2D eigenvalue weighted by Gasteiger charge is 2.08. The highest BCUT2D eigenvalue weighted by molar-refractivity contribution is 9.10. The number of rotatable bonds is 7.